The van der Waals surface area contributed by atoms with Gasteiger partial charge in [0.15, 0.2) is 11.5 Å². The fourth-order valence-electron chi connectivity index (χ4n) is 1.71. The first-order chi connectivity index (χ1) is 9.38. The summed E-state index contributed by atoms with van der Waals surface area (Å²) in [5.41, 5.74) is 0.923. The maximum atomic E-state index is 10.9. The Morgan fingerprint density at radius 1 is 1.20 bits per heavy atom. The molecule has 2 heterocycles. The van der Waals surface area contributed by atoms with Crippen LogP contribution in [0.5, 0.6) is 0 Å². The van der Waals surface area contributed by atoms with Crippen LogP contribution >= 0.6 is 0 Å². The molecule has 0 saturated heterocycles. The molecule has 106 valence electrons. The molecule has 20 heavy (non-hydrogen) atoms. The van der Waals surface area contributed by atoms with Crippen molar-refractivity contribution >= 4 is 5.97 Å². The van der Waals surface area contributed by atoms with Crippen molar-refractivity contribution in [3.8, 4) is 5.82 Å². The van der Waals surface area contributed by atoms with E-state index in [9.17, 15) is 4.79 Å². The summed E-state index contributed by atoms with van der Waals surface area (Å²) in [6.07, 6.45) is 1.60. The van der Waals surface area contributed by atoms with Gasteiger partial charge in [0.1, 0.15) is 5.82 Å². The average molecular weight is 274 g/mol. The van der Waals surface area contributed by atoms with Crippen LogP contribution in [0.15, 0.2) is 18.3 Å². The zero-order valence-corrected chi connectivity index (χ0v) is 12.0. The summed E-state index contributed by atoms with van der Waals surface area (Å²) in [5, 5.41) is 12.9. The van der Waals surface area contributed by atoms with Crippen molar-refractivity contribution in [3.63, 3.8) is 0 Å². The van der Waals surface area contributed by atoms with Gasteiger partial charge in [0.05, 0.1) is 0 Å². The van der Waals surface area contributed by atoms with E-state index in [-0.39, 0.29) is 17.5 Å². The summed E-state index contributed by atoms with van der Waals surface area (Å²) in [6.45, 7) is 8.16. The summed E-state index contributed by atoms with van der Waals surface area (Å²) in [4.78, 5) is 19.9. The zero-order chi connectivity index (χ0) is 14.9. The molecule has 0 aliphatic rings. The Hall–Kier alpha value is -2.24. The van der Waals surface area contributed by atoms with Gasteiger partial charge < -0.3 is 5.11 Å². The number of carboxylic acid groups (broad SMARTS) is 1. The molecule has 0 bridgehead atoms. The second kappa shape index (κ2) is 5.40. The summed E-state index contributed by atoms with van der Waals surface area (Å²) in [6, 6.07) is 3.30. The van der Waals surface area contributed by atoms with Crippen molar-refractivity contribution in [3.05, 3.63) is 35.5 Å². The predicted molar refractivity (Wildman–Crippen MR) is 74.3 cm³/mol. The normalized spacial score (nSPS) is 11.3. The predicted octanol–water partition coefficient (Wildman–Crippen LogP) is 2.61. The Kier molecular flexibility index (Phi) is 3.83. The van der Waals surface area contributed by atoms with Crippen LogP contribution in [-0.2, 0) is 0 Å². The molecule has 0 aliphatic heterocycles. The average Bonchev–Trinajstić information content (AvgIpc) is 2.87. The van der Waals surface area contributed by atoms with Gasteiger partial charge in [-0.15, -0.1) is 0 Å². The van der Waals surface area contributed by atoms with Gasteiger partial charge in [-0.25, -0.2) is 19.4 Å². The summed E-state index contributed by atoms with van der Waals surface area (Å²) < 4.78 is 1.48. The van der Waals surface area contributed by atoms with Crippen molar-refractivity contribution in [2.75, 3.05) is 0 Å². The number of nitrogens with zero attached hydrogens (tertiary/aromatic N) is 4. The second-order valence-electron chi connectivity index (χ2n) is 5.27. The number of carboxylic acids is 1. The topological polar surface area (TPSA) is 80.9 Å². The zero-order valence-electron chi connectivity index (χ0n) is 12.0. The Labute approximate surface area is 117 Å². The van der Waals surface area contributed by atoms with Crippen LogP contribution in [0, 0.1) is 0 Å². The number of hydrogen-bond donors (Lipinski definition) is 1. The maximum absolute atomic E-state index is 10.9. The fourth-order valence-corrected chi connectivity index (χ4v) is 1.71. The van der Waals surface area contributed by atoms with Crippen molar-refractivity contribution < 1.29 is 9.90 Å². The highest BCUT2D eigenvalue weighted by molar-refractivity contribution is 5.85. The van der Waals surface area contributed by atoms with Gasteiger partial charge in [0.25, 0.3) is 0 Å². The molecule has 1 N–H and O–H groups in total. The molecule has 6 heteroatoms. The Bertz CT molecular complexity index is 606. The lowest BCUT2D eigenvalue weighted by Gasteiger charge is -2.12. The Morgan fingerprint density at radius 2 is 1.90 bits per heavy atom. The summed E-state index contributed by atoms with van der Waals surface area (Å²) in [5.74, 6) is 0.746. The molecule has 0 atom stereocenters. The van der Waals surface area contributed by atoms with E-state index in [1.165, 1.54) is 10.7 Å². The van der Waals surface area contributed by atoms with Crippen LogP contribution in [0.1, 0.15) is 61.5 Å². The van der Waals surface area contributed by atoms with Crippen LogP contribution in [0.2, 0.25) is 0 Å². The standard InChI is InChI=1S/C14H18N4O2/c1-8(2)11-7-12(16-13(15-11)9(3)4)18-6-5-10(17-18)14(19)20/h5-9H,1-4H3,(H,19,20). The first-order valence-electron chi connectivity index (χ1n) is 6.56. The van der Waals surface area contributed by atoms with Gasteiger partial charge in [0, 0.05) is 23.9 Å². The molecule has 2 aromatic heterocycles. The molecule has 2 aromatic rings. The maximum Gasteiger partial charge on any atom is 0.356 e. The highest BCUT2D eigenvalue weighted by Crippen LogP contribution is 2.18. The third-order valence-corrected chi connectivity index (χ3v) is 2.90. The molecule has 0 saturated carbocycles. The molecule has 0 unspecified atom stereocenters. The quantitative estimate of drug-likeness (QED) is 0.926. The smallest absolute Gasteiger partial charge is 0.356 e. The van der Waals surface area contributed by atoms with E-state index in [0.29, 0.717) is 5.82 Å². The molecular weight excluding hydrogens is 256 g/mol. The van der Waals surface area contributed by atoms with Crippen molar-refractivity contribution in [2.45, 2.75) is 39.5 Å². The number of carbonyl (C=O) groups is 1. The summed E-state index contributed by atoms with van der Waals surface area (Å²) in [7, 11) is 0. The lowest BCUT2D eigenvalue weighted by molar-refractivity contribution is 0.0690. The third kappa shape index (κ3) is 2.84. The van der Waals surface area contributed by atoms with Crippen molar-refractivity contribution in [2.24, 2.45) is 0 Å². The van der Waals surface area contributed by atoms with Crippen LogP contribution in [0.3, 0.4) is 0 Å². The molecule has 0 aromatic carbocycles. The van der Waals surface area contributed by atoms with E-state index in [1.54, 1.807) is 6.20 Å². The van der Waals surface area contributed by atoms with Crippen LogP contribution in [0.4, 0.5) is 0 Å². The van der Waals surface area contributed by atoms with Crippen molar-refractivity contribution in [1.82, 2.24) is 19.7 Å². The molecule has 0 spiro atoms. The van der Waals surface area contributed by atoms with Crippen LogP contribution in [0.25, 0.3) is 5.82 Å². The minimum atomic E-state index is -1.05. The molecule has 6 nitrogen and oxygen atoms in total. The molecule has 0 radical (unpaired) electrons. The van der Waals surface area contributed by atoms with E-state index >= 15 is 0 Å². The fraction of sp³-hybridized carbons (Fsp3) is 0.429. The van der Waals surface area contributed by atoms with E-state index in [0.717, 1.165) is 11.5 Å². The highest BCUT2D eigenvalue weighted by Gasteiger charge is 2.13. The minimum absolute atomic E-state index is 0.000746. The van der Waals surface area contributed by atoms with Gasteiger partial charge in [-0.05, 0) is 12.0 Å². The van der Waals surface area contributed by atoms with Gasteiger partial charge in [-0.2, -0.15) is 5.10 Å². The minimum Gasteiger partial charge on any atom is -0.476 e. The first-order valence-corrected chi connectivity index (χ1v) is 6.56. The van der Waals surface area contributed by atoms with Gasteiger partial charge in [-0.1, -0.05) is 27.7 Å². The van der Waals surface area contributed by atoms with E-state index in [2.05, 4.69) is 28.9 Å². The highest BCUT2D eigenvalue weighted by atomic mass is 16.4. The van der Waals surface area contributed by atoms with E-state index in [1.807, 2.05) is 19.9 Å². The van der Waals surface area contributed by atoms with Gasteiger partial charge in [-0.3, -0.25) is 0 Å². The number of aromatic carboxylic acids is 1. The molecule has 0 aliphatic carbocycles. The first kappa shape index (κ1) is 14.2. The largest absolute Gasteiger partial charge is 0.476 e. The summed E-state index contributed by atoms with van der Waals surface area (Å²) >= 11 is 0. The van der Waals surface area contributed by atoms with E-state index in [4.69, 9.17) is 5.11 Å². The number of hydrogen-bond acceptors (Lipinski definition) is 4. The number of rotatable bonds is 4. The SMILES string of the molecule is CC(C)c1cc(-n2ccc(C(=O)O)n2)nc(C(C)C)n1. The molecule has 0 fully saturated rings. The molecular formula is C14H18N4O2. The molecule has 2 rings (SSSR count). The van der Waals surface area contributed by atoms with Crippen LogP contribution in [-0.4, -0.2) is 30.8 Å². The number of aromatic nitrogens is 4. The van der Waals surface area contributed by atoms with E-state index < -0.39 is 5.97 Å². The Balaban J connectivity index is 2.51. The lowest BCUT2D eigenvalue weighted by atomic mass is 10.1. The Morgan fingerprint density at radius 3 is 2.40 bits per heavy atom. The third-order valence-electron chi connectivity index (χ3n) is 2.90. The van der Waals surface area contributed by atoms with Crippen molar-refractivity contribution in [1.29, 1.82) is 0 Å². The van der Waals surface area contributed by atoms with Crippen LogP contribution < -0.4 is 0 Å². The molecule has 0 amide bonds. The second-order valence-corrected chi connectivity index (χ2v) is 5.27. The van der Waals surface area contributed by atoms with Gasteiger partial charge >= 0.3 is 5.97 Å². The lowest BCUT2D eigenvalue weighted by Crippen LogP contribution is -2.09. The monoisotopic (exact) mass is 274 g/mol. The van der Waals surface area contributed by atoms with Gasteiger partial charge in [0.2, 0.25) is 0 Å².